The molecule has 102 valence electrons. The molecule has 0 radical (unpaired) electrons. The second-order valence-electron chi connectivity index (χ2n) is 5.00. The number of benzene rings is 1. The summed E-state index contributed by atoms with van der Waals surface area (Å²) < 4.78 is 5.16. The molecule has 1 aromatic rings. The minimum Gasteiger partial charge on any atom is -0.449 e. The second-order valence-corrected chi connectivity index (χ2v) is 5.00. The van der Waals surface area contributed by atoms with Crippen LogP contribution in [0.2, 0.25) is 0 Å². The lowest BCUT2D eigenvalue weighted by Crippen LogP contribution is -2.40. The minimum absolute atomic E-state index is 0.185. The van der Waals surface area contributed by atoms with Crippen LogP contribution < -0.4 is 4.74 Å². The maximum Gasteiger partial charge on any atom is 0.511 e. The summed E-state index contributed by atoms with van der Waals surface area (Å²) in [5.74, 6) is 0.343. The monoisotopic (exact) mass is 256 g/mol. The Morgan fingerprint density at radius 1 is 1.28 bits per heavy atom. The fourth-order valence-electron chi connectivity index (χ4n) is 1.38. The number of quaternary nitrogens is 1. The van der Waals surface area contributed by atoms with Crippen LogP contribution in [0.25, 0.3) is 0 Å². The maximum atomic E-state index is 9.95. The molecule has 0 bridgehead atoms. The Balaban J connectivity index is 0.000000331. The highest BCUT2D eigenvalue weighted by Gasteiger charge is 2.09. The van der Waals surface area contributed by atoms with Gasteiger partial charge in [-0.3, -0.25) is 0 Å². The molecule has 0 aliphatic rings. The Morgan fingerprint density at radius 3 is 2.06 bits per heavy atom. The lowest BCUT2D eigenvalue weighted by Gasteiger charge is -2.24. The molecule has 1 unspecified atom stereocenters. The molecule has 18 heavy (non-hydrogen) atoms. The molecule has 0 saturated carbocycles. The third-order valence-corrected chi connectivity index (χ3v) is 1.76. The van der Waals surface area contributed by atoms with E-state index in [0.717, 1.165) is 11.0 Å². The summed E-state index contributed by atoms with van der Waals surface area (Å²) in [6, 6.07) is 8.35. The van der Waals surface area contributed by atoms with Crippen molar-refractivity contribution >= 4 is 6.16 Å². The predicted molar refractivity (Wildman–Crippen MR) is 69.7 cm³/mol. The zero-order chi connectivity index (χ0) is 14.2. The van der Waals surface area contributed by atoms with E-state index in [4.69, 9.17) is 10.2 Å². The third-order valence-electron chi connectivity index (χ3n) is 1.76. The third kappa shape index (κ3) is 10.9. The topological polar surface area (TPSA) is 66.8 Å². The first kappa shape index (κ1) is 16.4. The first-order valence-electron chi connectivity index (χ1n) is 5.65. The van der Waals surface area contributed by atoms with Crippen molar-refractivity contribution < 1.29 is 24.2 Å². The number of carbonyl (C=O) groups is 1. The van der Waals surface area contributed by atoms with Crippen LogP contribution >= 0.6 is 0 Å². The molecule has 0 aliphatic carbocycles. The summed E-state index contributed by atoms with van der Waals surface area (Å²) in [6.45, 7) is 2.63. The Bertz CT molecular complexity index is 344. The highest BCUT2D eigenvalue weighted by Crippen LogP contribution is 2.07. The molecule has 5 heteroatoms. The molecule has 1 atom stereocenters. The molecule has 0 heterocycles. The van der Waals surface area contributed by atoms with E-state index in [9.17, 15) is 4.79 Å². The molecule has 1 aromatic carbocycles. The average Bonchev–Trinajstić information content (AvgIpc) is 2.14. The average molecular weight is 256 g/mol. The van der Waals surface area contributed by atoms with Gasteiger partial charge in [0.15, 0.2) is 0 Å². The van der Waals surface area contributed by atoms with Gasteiger partial charge in [0.2, 0.25) is 0 Å². The predicted octanol–water partition coefficient (Wildman–Crippen LogP) is 1.82. The number of likely N-dealkylation sites (N-methyl/N-ethyl adjacent to an activating group) is 1. The van der Waals surface area contributed by atoms with E-state index in [2.05, 4.69) is 25.9 Å². The van der Waals surface area contributed by atoms with Gasteiger partial charge in [0.05, 0.1) is 21.1 Å². The number of para-hydroxylation sites is 1. The molecule has 1 rings (SSSR count). The van der Waals surface area contributed by atoms with E-state index in [1.807, 2.05) is 6.92 Å². The van der Waals surface area contributed by atoms with Crippen molar-refractivity contribution in [3.63, 3.8) is 0 Å². The number of hydrogen-bond acceptors (Lipinski definition) is 3. The summed E-state index contributed by atoms with van der Waals surface area (Å²) in [5, 5.41) is 17.0. The van der Waals surface area contributed by atoms with Crippen molar-refractivity contribution in [2.75, 3.05) is 27.7 Å². The molecule has 0 spiro atoms. The van der Waals surface area contributed by atoms with Gasteiger partial charge < -0.3 is 19.4 Å². The fourth-order valence-corrected chi connectivity index (χ4v) is 1.38. The standard InChI is InChI=1S/C7H6O3.C6H16NO/c8-7(9)10-6-4-2-1-3-5-6;1-6(8)5-7(2,3)4/h1-5H,(H,8,9);6,8H,5H2,1-4H3/q;+1. The van der Waals surface area contributed by atoms with Gasteiger partial charge in [0, 0.05) is 0 Å². The van der Waals surface area contributed by atoms with Crippen LogP contribution in [0.15, 0.2) is 30.3 Å². The van der Waals surface area contributed by atoms with E-state index < -0.39 is 6.16 Å². The van der Waals surface area contributed by atoms with Crippen LogP contribution in [0.5, 0.6) is 5.75 Å². The minimum atomic E-state index is -1.29. The van der Waals surface area contributed by atoms with Gasteiger partial charge in [-0.2, -0.15) is 0 Å². The van der Waals surface area contributed by atoms with Gasteiger partial charge in [0.1, 0.15) is 18.4 Å². The summed E-state index contributed by atoms with van der Waals surface area (Å²) in [5.41, 5.74) is 0. The van der Waals surface area contributed by atoms with Crippen LogP contribution in [0.3, 0.4) is 0 Å². The Labute approximate surface area is 108 Å². The van der Waals surface area contributed by atoms with E-state index >= 15 is 0 Å². The van der Waals surface area contributed by atoms with E-state index in [-0.39, 0.29) is 6.10 Å². The summed E-state index contributed by atoms with van der Waals surface area (Å²) >= 11 is 0. The zero-order valence-electron chi connectivity index (χ0n) is 11.3. The van der Waals surface area contributed by atoms with Gasteiger partial charge in [-0.1, -0.05) is 18.2 Å². The number of hydrogen-bond donors (Lipinski definition) is 2. The quantitative estimate of drug-likeness (QED) is 0.492. The van der Waals surface area contributed by atoms with Crippen molar-refractivity contribution in [2.45, 2.75) is 13.0 Å². The molecular formula is C13H22NO4+. The number of carboxylic acid groups (broad SMARTS) is 1. The van der Waals surface area contributed by atoms with Gasteiger partial charge in [-0.05, 0) is 19.1 Å². The van der Waals surface area contributed by atoms with Crippen molar-refractivity contribution in [3.05, 3.63) is 30.3 Å². The Kier molecular flexibility index (Phi) is 7.00. The van der Waals surface area contributed by atoms with Crippen molar-refractivity contribution in [1.82, 2.24) is 0 Å². The summed E-state index contributed by atoms with van der Waals surface area (Å²) in [6.07, 6.45) is -1.47. The van der Waals surface area contributed by atoms with Crippen molar-refractivity contribution in [2.24, 2.45) is 0 Å². The first-order chi connectivity index (χ1) is 8.20. The van der Waals surface area contributed by atoms with Gasteiger partial charge >= 0.3 is 6.16 Å². The summed E-state index contributed by atoms with van der Waals surface area (Å²) in [7, 11) is 6.19. The lowest BCUT2D eigenvalue weighted by molar-refractivity contribution is -0.873. The number of ether oxygens (including phenoxy) is 1. The van der Waals surface area contributed by atoms with Gasteiger partial charge in [-0.15, -0.1) is 0 Å². The van der Waals surface area contributed by atoms with Gasteiger partial charge in [0.25, 0.3) is 0 Å². The van der Waals surface area contributed by atoms with E-state index in [1.165, 1.54) is 0 Å². The van der Waals surface area contributed by atoms with Crippen molar-refractivity contribution in [3.8, 4) is 5.75 Å². The SMILES string of the molecule is CC(O)C[N+](C)(C)C.O=C(O)Oc1ccccc1. The van der Waals surface area contributed by atoms with Crippen LogP contribution in [0, 0.1) is 0 Å². The number of rotatable bonds is 3. The van der Waals surface area contributed by atoms with E-state index in [1.54, 1.807) is 30.3 Å². The summed E-state index contributed by atoms with van der Waals surface area (Å²) in [4.78, 5) is 9.95. The molecule has 0 amide bonds. The van der Waals surface area contributed by atoms with Crippen LogP contribution in [0.1, 0.15) is 6.92 Å². The first-order valence-corrected chi connectivity index (χ1v) is 5.65. The molecule has 2 N–H and O–H groups in total. The van der Waals surface area contributed by atoms with E-state index in [0.29, 0.717) is 5.75 Å². The van der Waals surface area contributed by atoms with Gasteiger partial charge in [-0.25, -0.2) is 4.79 Å². The number of aliphatic hydroxyl groups is 1. The maximum absolute atomic E-state index is 9.95. The molecule has 0 fully saturated rings. The molecule has 0 aromatic heterocycles. The highest BCUT2D eigenvalue weighted by molar-refractivity contribution is 5.60. The number of aliphatic hydroxyl groups excluding tert-OH is 1. The Morgan fingerprint density at radius 2 is 1.78 bits per heavy atom. The van der Waals surface area contributed by atoms with Crippen LogP contribution in [0.4, 0.5) is 4.79 Å². The largest absolute Gasteiger partial charge is 0.511 e. The highest BCUT2D eigenvalue weighted by atomic mass is 16.7. The zero-order valence-corrected chi connectivity index (χ0v) is 11.3. The fraction of sp³-hybridized carbons (Fsp3) is 0.462. The molecule has 5 nitrogen and oxygen atoms in total. The second kappa shape index (κ2) is 7.68. The normalized spacial score (nSPS) is 12.1. The Hall–Kier alpha value is -1.59. The van der Waals surface area contributed by atoms with Crippen molar-refractivity contribution in [1.29, 1.82) is 0 Å². The molecular weight excluding hydrogens is 234 g/mol. The molecule has 0 aliphatic heterocycles. The smallest absolute Gasteiger partial charge is 0.449 e. The number of nitrogens with zero attached hydrogens (tertiary/aromatic N) is 1. The lowest BCUT2D eigenvalue weighted by atomic mass is 10.3. The molecule has 0 saturated heterocycles. The van der Waals surface area contributed by atoms with Crippen LogP contribution in [-0.4, -0.2) is 54.6 Å². The van der Waals surface area contributed by atoms with Crippen LogP contribution in [-0.2, 0) is 0 Å².